The highest BCUT2D eigenvalue weighted by molar-refractivity contribution is 5.82. The Bertz CT molecular complexity index is 203. The van der Waals surface area contributed by atoms with E-state index < -0.39 is 0 Å². The topological polar surface area (TPSA) is 55.1 Å². The number of carbonyl (C=O) groups excluding carboxylic acids is 1. The fourth-order valence-corrected chi connectivity index (χ4v) is 1.94. The normalized spacial score (nSPS) is 29.2. The molecular formula is C11H22N2O. The van der Waals surface area contributed by atoms with Crippen LogP contribution in [0.2, 0.25) is 0 Å². The molecular weight excluding hydrogens is 176 g/mol. The van der Waals surface area contributed by atoms with E-state index in [1.54, 1.807) is 0 Å². The summed E-state index contributed by atoms with van der Waals surface area (Å²) in [6.07, 6.45) is 3.44. The van der Waals surface area contributed by atoms with Gasteiger partial charge in [0.15, 0.2) is 0 Å². The van der Waals surface area contributed by atoms with Gasteiger partial charge in [0, 0.05) is 6.04 Å². The monoisotopic (exact) mass is 198 g/mol. The summed E-state index contributed by atoms with van der Waals surface area (Å²) < 4.78 is 0. The van der Waals surface area contributed by atoms with Crippen molar-refractivity contribution in [3.05, 3.63) is 0 Å². The van der Waals surface area contributed by atoms with Gasteiger partial charge < -0.3 is 11.1 Å². The van der Waals surface area contributed by atoms with Crippen LogP contribution in [0.5, 0.6) is 0 Å². The van der Waals surface area contributed by atoms with Crippen molar-refractivity contribution in [2.75, 3.05) is 0 Å². The van der Waals surface area contributed by atoms with Gasteiger partial charge in [0.25, 0.3) is 0 Å². The first-order valence-electron chi connectivity index (χ1n) is 5.56. The minimum absolute atomic E-state index is 0.0131. The van der Waals surface area contributed by atoms with Crippen LogP contribution in [0.3, 0.4) is 0 Å². The first-order chi connectivity index (χ1) is 6.50. The minimum Gasteiger partial charge on any atom is -0.352 e. The molecule has 3 atom stereocenters. The highest BCUT2D eigenvalue weighted by Crippen LogP contribution is 2.24. The zero-order valence-corrected chi connectivity index (χ0v) is 9.42. The standard InChI is InChI=1S/C11H22N2O/c1-7(2)10(12)11(14)13-9-5-4-8(3)6-9/h7-10H,4-6,12H2,1-3H3,(H,13,14)/t8?,9?,10-/m1/s1. The fourth-order valence-electron chi connectivity index (χ4n) is 1.94. The lowest BCUT2D eigenvalue weighted by Gasteiger charge is -2.19. The molecule has 3 heteroatoms. The van der Waals surface area contributed by atoms with Gasteiger partial charge in [0.1, 0.15) is 0 Å². The van der Waals surface area contributed by atoms with Crippen molar-refractivity contribution >= 4 is 5.91 Å². The summed E-state index contributed by atoms with van der Waals surface area (Å²) in [4.78, 5) is 11.6. The molecule has 1 aliphatic rings. The summed E-state index contributed by atoms with van der Waals surface area (Å²) in [5, 5.41) is 3.03. The molecule has 0 aromatic heterocycles. The Kier molecular flexibility index (Phi) is 3.93. The summed E-state index contributed by atoms with van der Waals surface area (Å²) in [6, 6.07) is 0.00760. The molecule has 0 aliphatic heterocycles. The number of amides is 1. The first kappa shape index (κ1) is 11.5. The minimum atomic E-state index is -0.356. The van der Waals surface area contributed by atoms with Crippen molar-refractivity contribution in [1.82, 2.24) is 5.32 Å². The Labute approximate surface area is 86.4 Å². The molecule has 3 nitrogen and oxygen atoms in total. The largest absolute Gasteiger partial charge is 0.352 e. The Balaban J connectivity index is 2.33. The van der Waals surface area contributed by atoms with E-state index in [0.717, 1.165) is 18.8 Å². The van der Waals surface area contributed by atoms with Gasteiger partial charge in [0.05, 0.1) is 6.04 Å². The third kappa shape index (κ3) is 2.98. The molecule has 0 radical (unpaired) electrons. The molecule has 1 amide bonds. The van der Waals surface area contributed by atoms with Gasteiger partial charge >= 0.3 is 0 Å². The Morgan fingerprint density at radius 3 is 2.50 bits per heavy atom. The molecule has 0 aromatic rings. The summed E-state index contributed by atoms with van der Waals surface area (Å²) in [5.41, 5.74) is 5.76. The summed E-state index contributed by atoms with van der Waals surface area (Å²) in [6.45, 7) is 6.18. The van der Waals surface area contributed by atoms with Crippen LogP contribution in [0.25, 0.3) is 0 Å². The number of nitrogens with two attached hydrogens (primary N) is 1. The molecule has 0 bridgehead atoms. The van der Waals surface area contributed by atoms with Crippen LogP contribution in [0.1, 0.15) is 40.0 Å². The smallest absolute Gasteiger partial charge is 0.237 e. The lowest BCUT2D eigenvalue weighted by atomic mass is 10.0. The molecule has 1 fully saturated rings. The van der Waals surface area contributed by atoms with Gasteiger partial charge in [-0.15, -0.1) is 0 Å². The first-order valence-corrected chi connectivity index (χ1v) is 5.56. The van der Waals surface area contributed by atoms with Crippen molar-refractivity contribution in [2.45, 2.75) is 52.1 Å². The van der Waals surface area contributed by atoms with E-state index in [0.29, 0.717) is 6.04 Å². The number of hydrogen-bond donors (Lipinski definition) is 2. The van der Waals surface area contributed by atoms with Gasteiger partial charge in [-0.3, -0.25) is 4.79 Å². The van der Waals surface area contributed by atoms with E-state index in [1.807, 2.05) is 13.8 Å². The quantitative estimate of drug-likeness (QED) is 0.717. The molecule has 1 aliphatic carbocycles. The Morgan fingerprint density at radius 1 is 1.43 bits per heavy atom. The molecule has 0 heterocycles. The van der Waals surface area contributed by atoms with Crippen molar-refractivity contribution in [3.8, 4) is 0 Å². The maximum atomic E-state index is 11.6. The number of carbonyl (C=O) groups is 1. The van der Waals surface area contributed by atoms with E-state index in [-0.39, 0.29) is 17.9 Å². The molecule has 1 saturated carbocycles. The highest BCUT2D eigenvalue weighted by atomic mass is 16.2. The van der Waals surface area contributed by atoms with Crippen LogP contribution in [-0.2, 0) is 4.79 Å². The van der Waals surface area contributed by atoms with Crippen LogP contribution in [0.4, 0.5) is 0 Å². The highest BCUT2D eigenvalue weighted by Gasteiger charge is 2.25. The van der Waals surface area contributed by atoms with Crippen molar-refractivity contribution in [1.29, 1.82) is 0 Å². The number of nitrogens with one attached hydrogen (secondary N) is 1. The van der Waals surface area contributed by atoms with E-state index in [4.69, 9.17) is 5.73 Å². The molecule has 14 heavy (non-hydrogen) atoms. The third-order valence-corrected chi connectivity index (χ3v) is 3.06. The predicted molar refractivity (Wildman–Crippen MR) is 57.8 cm³/mol. The van der Waals surface area contributed by atoms with Gasteiger partial charge in [-0.25, -0.2) is 0 Å². The molecule has 82 valence electrons. The van der Waals surface area contributed by atoms with Crippen molar-refractivity contribution in [3.63, 3.8) is 0 Å². The van der Waals surface area contributed by atoms with Crippen LogP contribution in [0, 0.1) is 11.8 Å². The Hall–Kier alpha value is -0.570. The predicted octanol–water partition coefficient (Wildman–Crippen LogP) is 1.27. The summed E-state index contributed by atoms with van der Waals surface area (Å²) in [7, 11) is 0. The van der Waals surface area contributed by atoms with Crippen LogP contribution in [0.15, 0.2) is 0 Å². The Morgan fingerprint density at radius 2 is 2.07 bits per heavy atom. The maximum absolute atomic E-state index is 11.6. The third-order valence-electron chi connectivity index (χ3n) is 3.06. The molecule has 3 N–H and O–H groups in total. The average Bonchev–Trinajstić information content (AvgIpc) is 2.49. The molecule has 0 aromatic carbocycles. The molecule has 0 spiro atoms. The lowest BCUT2D eigenvalue weighted by molar-refractivity contribution is -0.123. The average molecular weight is 198 g/mol. The van der Waals surface area contributed by atoms with Crippen LogP contribution in [-0.4, -0.2) is 18.0 Å². The maximum Gasteiger partial charge on any atom is 0.237 e. The van der Waals surface area contributed by atoms with E-state index in [9.17, 15) is 4.79 Å². The van der Waals surface area contributed by atoms with Crippen molar-refractivity contribution in [2.24, 2.45) is 17.6 Å². The molecule has 0 saturated heterocycles. The second kappa shape index (κ2) is 4.78. The van der Waals surface area contributed by atoms with Gasteiger partial charge in [0.2, 0.25) is 5.91 Å². The lowest BCUT2D eigenvalue weighted by Crippen LogP contribution is -2.47. The summed E-state index contributed by atoms with van der Waals surface area (Å²) >= 11 is 0. The second-order valence-electron chi connectivity index (χ2n) is 4.89. The van der Waals surface area contributed by atoms with E-state index in [2.05, 4.69) is 12.2 Å². The summed E-state index contributed by atoms with van der Waals surface area (Å²) in [5.74, 6) is 0.975. The second-order valence-corrected chi connectivity index (χ2v) is 4.89. The number of rotatable bonds is 3. The zero-order valence-electron chi connectivity index (χ0n) is 9.42. The van der Waals surface area contributed by atoms with Crippen molar-refractivity contribution < 1.29 is 4.79 Å². The molecule has 2 unspecified atom stereocenters. The number of hydrogen-bond acceptors (Lipinski definition) is 2. The van der Waals surface area contributed by atoms with Gasteiger partial charge in [-0.2, -0.15) is 0 Å². The zero-order chi connectivity index (χ0) is 10.7. The van der Waals surface area contributed by atoms with E-state index >= 15 is 0 Å². The van der Waals surface area contributed by atoms with Gasteiger partial charge in [-0.1, -0.05) is 20.8 Å². The van der Waals surface area contributed by atoms with Crippen LogP contribution >= 0.6 is 0 Å². The van der Waals surface area contributed by atoms with E-state index in [1.165, 1.54) is 6.42 Å². The fraction of sp³-hybridized carbons (Fsp3) is 0.909. The SMILES string of the molecule is CC1CCC(NC(=O)[C@H](N)C(C)C)C1. The van der Waals surface area contributed by atoms with Gasteiger partial charge in [-0.05, 0) is 31.1 Å². The van der Waals surface area contributed by atoms with Crippen LogP contribution < -0.4 is 11.1 Å². The molecule has 1 rings (SSSR count).